The number of anilines is 2. The lowest BCUT2D eigenvalue weighted by Gasteiger charge is -2.37. The van der Waals surface area contributed by atoms with Gasteiger partial charge in [-0.15, -0.1) is 0 Å². The summed E-state index contributed by atoms with van der Waals surface area (Å²) in [5, 5.41) is 4.78. The summed E-state index contributed by atoms with van der Waals surface area (Å²) in [4.78, 5) is 21.2. The van der Waals surface area contributed by atoms with Crippen LogP contribution in [0.15, 0.2) is 60.8 Å². The van der Waals surface area contributed by atoms with Gasteiger partial charge >= 0.3 is 0 Å². The molecule has 1 aromatic heterocycles. The van der Waals surface area contributed by atoms with Gasteiger partial charge in [-0.05, 0) is 42.0 Å². The first kappa shape index (κ1) is 24.8. The Morgan fingerprint density at radius 2 is 1.71 bits per heavy atom. The lowest BCUT2D eigenvalue weighted by Crippen LogP contribution is -2.46. The van der Waals surface area contributed by atoms with Crippen molar-refractivity contribution in [2.45, 2.75) is 0 Å². The minimum absolute atomic E-state index is 0.253. The Morgan fingerprint density at radius 1 is 0.971 bits per heavy atom. The van der Waals surface area contributed by atoms with Crippen LogP contribution in [0.4, 0.5) is 11.4 Å². The van der Waals surface area contributed by atoms with E-state index in [4.69, 9.17) is 46.4 Å². The second-order valence-corrected chi connectivity index (χ2v) is 9.43. The van der Waals surface area contributed by atoms with Crippen LogP contribution in [0, 0.1) is 0 Å². The highest BCUT2D eigenvalue weighted by Gasteiger charge is 2.23. The summed E-state index contributed by atoms with van der Waals surface area (Å²) < 4.78 is 0. The summed E-state index contributed by atoms with van der Waals surface area (Å²) in [7, 11) is 0. The van der Waals surface area contributed by atoms with E-state index in [2.05, 4.69) is 32.3 Å². The summed E-state index contributed by atoms with van der Waals surface area (Å²) in [6, 6.07) is 14.3. The van der Waals surface area contributed by atoms with Gasteiger partial charge in [-0.25, -0.2) is 4.98 Å². The standard InChI is InChI=1S/C25H22Cl4N4O/c26-19-5-3-17(4-6-19)2-1-11-32-12-14-33(15-13-32)24-21(8-7-20(27)23(24)29)31-25(34)18-9-10-30-22(28)16-18/h1-10,16H,11-15H2,(H,31,34)/b2-1+. The third-order valence-electron chi connectivity index (χ3n) is 5.54. The van der Waals surface area contributed by atoms with Gasteiger partial charge in [-0.1, -0.05) is 70.7 Å². The molecule has 0 saturated carbocycles. The van der Waals surface area contributed by atoms with Crippen molar-refractivity contribution in [2.24, 2.45) is 0 Å². The molecule has 5 nitrogen and oxygen atoms in total. The summed E-state index contributed by atoms with van der Waals surface area (Å²) in [6.45, 7) is 4.03. The average molecular weight is 536 g/mol. The zero-order valence-electron chi connectivity index (χ0n) is 18.1. The van der Waals surface area contributed by atoms with Crippen molar-refractivity contribution < 1.29 is 4.79 Å². The molecular weight excluding hydrogens is 514 g/mol. The number of carbonyl (C=O) groups is 1. The third-order valence-corrected chi connectivity index (χ3v) is 6.79. The summed E-state index contributed by atoms with van der Waals surface area (Å²) in [5.41, 5.74) is 2.85. The SMILES string of the molecule is O=C(Nc1ccc(Cl)c(Cl)c1N1CCN(C/C=C/c2ccc(Cl)cc2)CC1)c1ccnc(Cl)c1. The van der Waals surface area contributed by atoms with Crippen LogP contribution in [0.25, 0.3) is 6.08 Å². The van der Waals surface area contributed by atoms with Crippen molar-refractivity contribution in [3.8, 4) is 0 Å². The first-order chi connectivity index (χ1) is 16.4. The van der Waals surface area contributed by atoms with E-state index >= 15 is 0 Å². The summed E-state index contributed by atoms with van der Waals surface area (Å²) in [6.07, 6.45) is 5.74. The van der Waals surface area contributed by atoms with Crippen LogP contribution in [0.5, 0.6) is 0 Å². The highest BCUT2D eigenvalue weighted by molar-refractivity contribution is 6.44. The van der Waals surface area contributed by atoms with E-state index in [-0.39, 0.29) is 11.1 Å². The van der Waals surface area contributed by atoms with E-state index in [1.807, 2.05) is 24.3 Å². The molecule has 3 aromatic rings. The first-order valence-corrected chi connectivity index (χ1v) is 12.2. The molecule has 0 bridgehead atoms. The fourth-order valence-electron chi connectivity index (χ4n) is 3.75. The minimum atomic E-state index is -0.296. The van der Waals surface area contributed by atoms with Gasteiger partial charge in [0, 0.05) is 49.5 Å². The first-order valence-electron chi connectivity index (χ1n) is 10.7. The van der Waals surface area contributed by atoms with Crippen molar-refractivity contribution in [2.75, 3.05) is 42.9 Å². The van der Waals surface area contributed by atoms with Crippen molar-refractivity contribution in [1.29, 1.82) is 0 Å². The minimum Gasteiger partial charge on any atom is -0.366 e. The third kappa shape index (κ3) is 6.23. The van der Waals surface area contributed by atoms with Crippen LogP contribution in [0.1, 0.15) is 15.9 Å². The van der Waals surface area contributed by atoms with Gasteiger partial charge in [0.1, 0.15) is 5.15 Å². The Bertz CT molecular complexity index is 1190. The molecule has 1 fully saturated rings. The quantitative estimate of drug-likeness (QED) is 0.353. The van der Waals surface area contributed by atoms with Gasteiger partial charge in [-0.3, -0.25) is 9.69 Å². The van der Waals surface area contributed by atoms with Crippen LogP contribution >= 0.6 is 46.4 Å². The second kappa shape index (κ2) is 11.4. The smallest absolute Gasteiger partial charge is 0.255 e. The van der Waals surface area contributed by atoms with Gasteiger partial charge in [0.25, 0.3) is 5.91 Å². The lowest BCUT2D eigenvalue weighted by atomic mass is 10.2. The van der Waals surface area contributed by atoms with E-state index < -0.39 is 0 Å². The number of pyridine rings is 1. The highest BCUT2D eigenvalue weighted by Crippen LogP contribution is 2.39. The number of hydrogen-bond acceptors (Lipinski definition) is 4. The predicted octanol–water partition coefficient (Wildman–Crippen LogP) is 6.78. The van der Waals surface area contributed by atoms with E-state index in [0.29, 0.717) is 21.3 Å². The lowest BCUT2D eigenvalue weighted by molar-refractivity contribution is 0.102. The Kier molecular flexibility index (Phi) is 8.35. The number of nitrogens with one attached hydrogen (secondary N) is 1. The number of amides is 1. The average Bonchev–Trinajstić information content (AvgIpc) is 2.83. The molecule has 2 heterocycles. The molecule has 4 rings (SSSR count). The van der Waals surface area contributed by atoms with Gasteiger partial charge in [-0.2, -0.15) is 0 Å². The molecule has 0 unspecified atom stereocenters. The molecular formula is C25H22Cl4N4O. The van der Waals surface area contributed by atoms with Crippen molar-refractivity contribution in [3.63, 3.8) is 0 Å². The maximum atomic E-state index is 12.8. The molecule has 2 aromatic carbocycles. The number of nitrogens with zero attached hydrogens (tertiary/aromatic N) is 3. The molecule has 0 atom stereocenters. The molecule has 1 aliphatic rings. The summed E-state index contributed by atoms with van der Waals surface area (Å²) in [5.74, 6) is -0.296. The largest absolute Gasteiger partial charge is 0.366 e. The molecule has 1 N–H and O–H groups in total. The van der Waals surface area contributed by atoms with E-state index in [9.17, 15) is 4.79 Å². The van der Waals surface area contributed by atoms with Crippen LogP contribution in [0.3, 0.4) is 0 Å². The van der Waals surface area contributed by atoms with Crippen LogP contribution in [-0.4, -0.2) is 48.5 Å². The van der Waals surface area contributed by atoms with Crippen molar-refractivity contribution >= 4 is 69.8 Å². The van der Waals surface area contributed by atoms with Crippen LogP contribution in [-0.2, 0) is 0 Å². The zero-order chi connectivity index (χ0) is 24.1. The highest BCUT2D eigenvalue weighted by atomic mass is 35.5. The normalized spacial score (nSPS) is 14.5. The maximum absolute atomic E-state index is 12.8. The predicted molar refractivity (Wildman–Crippen MR) is 143 cm³/mol. The molecule has 1 amide bonds. The number of carbonyl (C=O) groups excluding carboxylic acids is 1. The molecule has 0 aliphatic carbocycles. The maximum Gasteiger partial charge on any atom is 0.255 e. The Morgan fingerprint density at radius 3 is 2.41 bits per heavy atom. The summed E-state index contributed by atoms with van der Waals surface area (Å²) >= 11 is 24.8. The number of piperazine rings is 1. The Balaban J connectivity index is 1.42. The molecule has 0 spiro atoms. The molecule has 34 heavy (non-hydrogen) atoms. The number of rotatable bonds is 6. The van der Waals surface area contributed by atoms with Gasteiger partial charge in [0.15, 0.2) is 0 Å². The molecule has 9 heteroatoms. The molecule has 0 radical (unpaired) electrons. The van der Waals surface area contributed by atoms with E-state index in [0.717, 1.165) is 49.0 Å². The number of aromatic nitrogens is 1. The van der Waals surface area contributed by atoms with Gasteiger partial charge in [0.05, 0.1) is 21.4 Å². The molecule has 1 saturated heterocycles. The number of benzene rings is 2. The number of hydrogen-bond donors (Lipinski definition) is 1. The number of halogens is 4. The van der Waals surface area contributed by atoms with Crippen LogP contribution in [0.2, 0.25) is 20.2 Å². The van der Waals surface area contributed by atoms with E-state index in [1.54, 1.807) is 18.2 Å². The van der Waals surface area contributed by atoms with Crippen molar-refractivity contribution in [3.05, 3.63) is 92.2 Å². The van der Waals surface area contributed by atoms with Gasteiger partial charge < -0.3 is 10.2 Å². The Labute approximate surface area is 218 Å². The fourth-order valence-corrected chi connectivity index (χ4v) is 4.49. The fraction of sp³-hybridized carbons (Fsp3) is 0.200. The topological polar surface area (TPSA) is 48.5 Å². The zero-order valence-corrected chi connectivity index (χ0v) is 21.2. The molecule has 176 valence electrons. The van der Waals surface area contributed by atoms with Crippen LogP contribution < -0.4 is 10.2 Å². The van der Waals surface area contributed by atoms with Gasteiger partial charge in [0.2, 0.25) is 0 Å². The van der Waals surface area contributed by atoms with E-state index in [1.165, 1.54) is 12.3 Å². The Hall–Kier alpha value is -2.28. The molecule has 1 aliphatic heterocycles. The monoisotopic (exact) mass is 534 g/mol. The van der Waals surface area contributed by atoms with Crippen molar-refractivity contribution in [1.82, 2.24) is 9.88 Å². The second-order valence-electron chi connectivity index (χ2n) is 7.82.